The smallest absolute Gasteiger partial charge is 0.226 e. The molecular formula is C8H11ClN2O2S. The number of nitrogens with one attached hydrogen (secondary N) is 1. The lowest BCUT2D eigenvalue weighted by Crippen LogP contribution is -2.27. The van der Waals surface area contributed by atoms with Gasteiger partial charge >= 0.3 is 0 Å². The second-order valence-corrected chi connectivity index (χ2v) is 5.19. The molecule has 4 nitrogen and oxygen atoms in total. The van der Waals surface area contributed by atoms with E-state index in [1.165, 1.54) is 0 Å². The molecule has 1 aromatic rings. The van der Waals surface area contributed by atoms with Crippen LogP contribution in [0.3, 0.4) is 0 Å². The van der Waals surface area contributed by atoms with E-state index >= 15 is 0 Å². The van der Waals surface area contributed by atoms with Crippen molar-refractivity contribution in [1.29, 1.82) is 0 Å². The summed E-state index contributed by atoms with van der Waals surface area (Å²) in [5, 5.41) is -0.433. The van der Waals surface area contributed by atoms with Crippen molar-refractivity contribution in [3.8, 4) is 0 Å². The van der Waals surface area contributed by atoms with Crippen LogP contribution in [0.15, 0.2) is 24.5 Å². The SMILES string of the molecule is C[C@H](NS(=O)(=O)CCl)c1cccnc1. The molecule has 0 fully saturated rings. The van der Waals surface area contributed by atoms with Gasteiger partial charge in [0.05, 0.1) is 0 Å². The largest absolute Gasteiger partial charge is 0.264 e. The second kappa shape index (κ2) is 4.72. The van der Waals surface area contributed by atoms with E-state index in [4.69, 9.17) is 11.6 Å². The highest BCUT2D eigenvalue weighted by Gasteiger charge is 2.13. The molecular weight excluding hydrogens is 224 g/mol. The molecule has 0 aliphatic rings. The van der Waals surface area contributed by atoms with Crippen molar-refractivity contribution >= 4 is 21.6 Å². The summed E-state index contributed by atoms with van der Waals surface area (Å²) in [6.07, 6.45) is 3.24. The zero-order chi connectivity index (χ0) is 10.6. The van der Waals surface area contributed by atoms with E-state index in [0.717, 1.165) is 5.56 Å². The first-order valence-corrected chi connectivity index (χ1v) is 6.20. The molecule has 0 bridgehead atoms. The van der Waals surface area contributed by atoms with Crippen molar-refractivity contribution in [2.45, 2.75) is 13.0 Å². The van der Waals surface area contributed by atoms with E-state index in [0.29, 0.717) is 0 Å². The average Bonchev–Trinajstić information content (AvgIpc) is 2.19. The summed E-state index contributed by atoms with van der Waals surface area (Å²) in [7, 11) is -3.38. The highest BCUT2D eigenvalue weighted by Crippen LogP contribution is 2.11. The maximum atomic E-state index is 11.1. The zero-order valence-corrected chi connectivity index (χ0v) is 9.22. The average molecular weight is 235 g/mol. The van der Waals surface area contributed by atoms with Crippen molar-refractivity contribution < 1.29 is 8.42 Å². The minimum Gasteiger partial charge on any atom is -0.264 e. The Bertz CT molecular complexity index is 380. The minimum absolute atomic E-state index is 0.313. The molecule has 1 N–H and O–H groups in total. The Morgan fingerprint density at radius 2 is 2.36 bits per heavy atom. The zero-order valence-electron chi connectivity index (χ0n) is 7.64. The molecule has 1 rings (SSSR count). The van der Waals surface area contributed by atoms with E-state index in [-0.39, 0.29) is 6.04 Å². The van der Waals surface area contributed by atoms with Gasteiger partial charge in [-0.1, -0.05) is 6.07 Å². The van der Waals surface area contributed by atoms with Crippen molar-refractivity contribution in [1.82, 2.24) is 9.71 Å². The third-order valence-corrected chi connectivity index (χ3v) is 3.55. The quantitative estimate of drug-likeness (QED) is 0.798. The summed E-state index contributed by atoms with van der Waals surface area (Å²) in [5.74, 6) is 0. The van der Waals surface area contributed by atoms with Crippen molar-refractivity contribution in [3.05, 3.63) is 30.1 Å². The Balaban J connectivity index is 2.74. The summed E-state index contributed by atoms with van der Waals surface area (Å²) in [5.41, 5.74) is 0.807. The fourth-order valence-corrected chi connectivity index (χ4v) is 1.93. The second-order valence-electron chi connectivity index (χ2n) is 2.85. The van der Waals surface area contributed by atoms with Crippen LogP contribution in [0.4, 0.5) is 0 Å². The summed E-state index contributed by atoms with van der Waals surface area (Å²) >= 11 is 5.26. The molecule has 0 amide bonds. The number of aromatic nitrogens is 1. The predicted octanol–water partition coefficient (Wildman–Crippen LogP) is 1.26. The number of alkyl halides is 1. The number of halogens is 1. The van der Waals surface area contributed by atoms with Gasteiger partial charge < -0.3 is 0 Å². The predicted molar refractivity (Wildman–Crippen MR) is 55.4 cm³/mol. The number of hydrogen-bond donors (Lipinski definition) is 1. The molecule has 6 heteroatoms. The molecule has 78 valence electrons. The van der Waals surface area contributed by atoms with Gasteiger partial charge in [-0.25, -0.2) is 13.1 Å². The molecule has 0 unspecified atom stereocenters. The lowest BCUT2D eigenvalue weighted by atomic mass is 10.2. The minimum atomic E-state index is -3.38. The van der Waals surface area contributed by atoms with E-state index in [1.54, 1.807) is 31.5 Å². The van der Waals surface area contributed by atoms with Crippen LogP contribution in [0.5, 0.6) is 0 Å². The van der Waals surface area contributed by atoms with Crippen LogP contribution in [0, 0.1) is 0 Å². The Kier molecular flexibility index (Phi) is 3.86. The van der Waals surface area contributed by atoms with Gasteiger partial charge in [0.2, 0.25) is 10.0 Å². The van der Waals surface area contributed by atoms with Crippen LogP contribution >= 0.6 is 11.6 Å². The van der Waals surface area contributed by atoms with Crippen LogP contribution in [-0.4, -0.2) is 18.6 Å². The number of rotatable bonds is 4. The summed E-state index contributed by atoms with van der Waals surface area (Å²) in [6, 6.07) is 3.24. The van der Waals surface area contributed by atoms with Crippen molar-refractivity contribution in [3.63, 3.8) is 0 Å². The Morgan fingerprint density at radius 1 is 1.64 bits per heavy atom. The van der Waals surface area contributed by atoms with Gasteiger partial charge in [0, 0.05) is 18.4 Å². The van der Waals surface area contributed by atoms with Crippen LogP contribution < -0.4 is 4.72 Å². The van der Waals surface area contributed by atoms with Crippen LogP contribution in [0.1, 0.15) is 18.5 Å². The molecule has 0 aromatic carbocycles. The maximum Gasteiger partial charge on any atom is 0.226 e. The first-order chi connectivity index (χ1) is 6.55. The lowest BCUT2D eigenvalue weighted by molar-refractivity contribution is 0.571. The molecule has 0 saturated carbocycles. The van der Waals surface area contributed by atoms with Gasteiger partial charge in [-0.05, 0) is 18.6 Å². The standard InChI is InChI=1S/C8H11ClN2O2S/c1-7(11-14(12,13)6-9)8-3-2-4-10-5-8/h2-5,7,11H,6H2,1H3/t7-/m0/s1. The topological polar surface area (TPSA) is 59.1 Å². The number of nitrogens with zero attached hydrogens (tertiary/aromatic N) is 1. The van der Waals surface area contributed by atoms with Gasteiger partial charge in [0.1, 0.15) is 5.21 Å². The van der Waals surface area contributed by atoms with Gasteiger partial charge in [-0.3, -0.25) is 4.98 Å². The van der Waals surface area contributed by atoms with Crippen molar-refractivity contribution in [2.75, 3.05) is 5.21 Å². The van der Waals surface area contributed by atoms with Gasteiger partial charge in [-0.2, -0.15) is 0 Å². The molecule has 0 radical (unpaired) electrons. The number of pyridine rings is 1. The maximum absolute atomic E-state index is 11.1. The fourth-order valence-electron chi connectivity index (χ4n) is 1.00. The fraction of sp³-hybridized carbons (Fsp3) is 0.375. The lowest BCUT2D eigenvalue weighted by Gasteiger charge is -2.12. The molecule has 0 aliphatic heterocycles. The van der Waals surface area contributed by atoms with Gasteiger partial charge in [0.25, 0.3) is 0 Å². The van der Waals surface area contributed by atoms with E-state index in [1.807, 2.05) is 0 Å². The molecule has 14 heavy (non-hydrogen) atoms. The van der Waals surface area contributed by atoms with Crippen LogP contribution in [-0.2, 0) is 10.0 Å². The summed E-state index contributed by atoms with van der Waals surface area (Å²) in [4.78, 5) is 3.89. The molecule has 0 saturated heterocycles. The van der Waals surface area contributed by atoms with Crippen LogP contribution in [0.2, 0.25) is 0 Å². The van der Waals surface area contributed by atoms with E-state index < -0.39 is 15.2 Å². The first kappa shape index (κ1) is 11.4. The highest BCUT2D eigenvalue weighted by molar-refractivity contribution is 7.90. The molecule has 1 atom stereocenters. The van der Waals surface area contributed by atoms with E-state index in [9.17, 15) is 8.42 Å². The first-order valence-electron chi connectivity index (χ1n) is 4.01. The Labute approximate surface area is 88.4 Å². The van der Waals surface area contributed by atoms with Crippen LogP contribution in [0.25, 0.3) is 0 Å². The van der Waals surface area contributed by atoms with Gasteiger partial charge in [0.15, 0.2) is 0 Å². The Hall–Kier alpha value is -0.650. The molecule has 1 heterocycles. The highest BCUT2D eigenvalue weighted by atomic mass is 35.5. The summed E-state index contributed by atoms with van der Waals surface area (Å²) < 4.78 is 24.7. The number of hydrogen-bond acceptors (Lipinski definition) is 3. The summed E-state index contributed by atoms with van der Waals surface area (Å²) in [6.45, 7) is 1.74. The van der Waals surface area contributed by atoms with Gasteiger partial charge in [-0.15, -0.1) is 11.6 Å². The molecule has 1 aromatic heterocycles. The number of sulfonamides is 1. The molecule has 0 spiro atoms. The Morgan fingerprint density at radius 3 is 2.86 bits per heavy atom. The normalized spacial score (nSPS) is 13.9. The van der Waals surface area contributed by atoms with E-state index in [2.05, 4.69) is 9.71 Å². The molecule has 0 aliphatic carbocycles. The third kappa shape index (κ3) is 3.25. The monoisotopic (exact) mass is 234 g/mol. The third-order valence-electron chi connectivity index (χ3n) is 1.68. The van der Waals surface area contributed by atoms with Crippen molar-refractivity contribution in [2.24, 2.45) is 0 Å².